The van der Waals surface area contributed by atoms with E-state index in [2.05, 4.69) is 5.16 Å². The molecule has 2 aromatic rings. The van der Waals surface area contributed by atoms with E-state index in [0.29, 0.717) is 12.1 Å². The number of aromatic nitrogens is 1. The predicted octanol–water partition coefficient (Wildman–Crippen LogP) is 2.35. The fourth-order valence-electron chi connectivity index (χ4n) is 3.43. The van der Waals surface area contributed by atoms with Gasteiger partial charge in [0.25, 0.3) is 0 Å². The van der Waals surface area contributed by atoms with Crippen LogP contribution in [0.5, 0.6) is 0 Å². The molecule has 0 atom stereocenters. The first-order valence-corrected chi connectivity index (χ1v) is 8.17. The van der Waals surface area contributed by atoms with E-state index >= 15 is 4.39 Å². The summed E-state index contributed by atoms with van der Waals surface area (Å²) in [6, 6.07) is 0.785. The van der Waals surface area contributed by atoms with Crippen LogP contribution in [0.2, 0.25) is 0 Å². The number of fused-ring (bicyclic) bond motifs is 1. The monoisotopic (exact) mass is 363 g/mol. The van der Waals surface area contributed by atoms with Crippen LogP contribution in [0, 0.1) is 11.6 Å². The molecule has 1 saturated heterocycles. The summed E-state index contributed by atoms with van der Waals surface area (Å²) in [4.78, 5) is 25.1. The summed E-state index contributed by atoms with van der Waals surface area (Å²) in [5, 5.41) is 20.9. The number of aromatic carboxylic acids is 1. The Labute approximate surface area is 145 Å². The molecule has 136 valence electrons. The predicted molar refractivity (Wildman–Crippen MR) is 89.4 cm³/mol. The number of pyridine rings is 1. The lowest BCUT2D eigenvalue weighted by atomic mass is 10.1. The van der Waals surface area contributed by atoms with Gasteiger partial charge in [0.05, 0.1) is 23.2 Å². The molecule has 0 amide bonds. The number of carboxylic acid groups (broad SMARTS) is 1. The number of rotatable bonds is 3. The number of halogens is 2. The minimum absolute atomic E-state index is 0.0801. The Hall–Kier alpha value is -2.97. The average molecular weight is 363 g/mol. The van der Waals surface area contributed by atoms with E-state index in [-0.39, 0.29) is 35.7 Å². The fourth-order valence-corrected chi connectivity index (χ4v) is 3.43. The van der Waals surface area contributed by atoms with Crippen molar-refractivity contribution in [3.63, 3.8) is 0 Å². The van der Waals surface area contributed by atoms with Crippen molar-refractivity contribution in [1.29, 1.82) is 0 Å². The first kappa shape index (κ1) is 16.5. The van der Waals surface area contributed by atoms with Crippen molar-refractivity contribution in [2.75, 3.05) is 18.0 Å². The minimum Gasteiger partial charge on any atom is -0.477 e. The van der Waals surface area contributed by atoms with E-state index < -0.39 is 28.6 Å². The van der Waals surface area contributed by atoms with Gasteiger partial charge in [-0.2, -0.15) is 0 Å². The van der Waals surface area contributed by atoms with Gasteiger partial charge in [-0.1, -0.05) is 5.16 Å². The molecule has 1 aliphatic carbocycles. The maximum absolute atomic E-state index is 15.3. The number of hydrogen-bond acceptors (Lipinski definition) is 5. The highest BCUT2D eigenvalue weighted by atomic mass is 19.1. The first-order valence-electron chi connectivity index (χ1n) is 8.17. The Morgan fingerprint density at radius 3 is 2.62 bits per heavy atom. The Kier molecular flexibility index (Phi) is 3.67. The van der Waals surface area contributed by atoms with Gasteiger partial charge in [-0.25, -0.2) is 13.6 Å². The van der Waals surface area contributed by atoms with Crippen molar-refractivity contribution in [2.24, 2.45) is 5.16 Å². The summed E-state index contributed by atoms with van der Waals surface area (Å²) in [6.07, 6.45) is 2.98. The third-order valence-corrected chi connectivity index (χ3v) is 4.86. The molecule has 2 aliphatic rings. The Morgan fingerprint density at radius 1 is 1.31 bits per heavy atom. The van der Waals surface area contributed by atoms with Crippen LogP contribution in [0.3, 0.4) is 0 Å². The minimum atomic E-state index is -1.43. The largest absolute Gasteiger partial charge is 0.477 e. The molecule has 1 saturated carbocycles. The second-order valence-electron chi connectivity index (χ2n) is 6.57. The maximum Gasteiger partial charge on any atom is 0.341 e. The van der Waals surface area contributed by atoms with Gasteiger partial charge in [0.1, 0.15) is 17.1 Å². The second kappa shape index (κ2) is 5.79. The fraction of sp³-hybridized carbons (Fsp3) is 0.353. The van der Waals surface area contributed by atoms with Crippen LogP contribution in [-0.2, 0) is 0 Å². The number of nitrogens with zero attached hydrogens (tertiary/aromatic N) is 3. The molecular formula is C17H15F2N3O4. The van der Waals surface area contributed by atoms with Crippen LogP contribution in [0.1, 0.15) is 35.7 Å². The summed E-state index contributed by atoms with van der Waals surface area (Å²) >= 11 is 0. The number of oxime groups is 1. The van der Waals surface area contributed by atoms with Gasteiger partial charge < -0.3 is 19.8 Å². The molecule has 1 aromatic carbocycles. The molecule has 1 aromatic heterocycles. The van der Waals surface area contributed by atoms with E-state index in [4.69, 9.17) is 5.21 Å². The molecule has 0 spiro atoms. The molecule has 2 heterocycles. The highest BCUT2D eigenvalue weighted by Crippen LogP contribution is 2.39. The van der Waals surface area contributed by atoms with Crippen molar-refractivity contribution in [2.45, 2.75) is 25.3 Å². The first-order chi connectivity index (χ1) is 12.4. The number of benzene rings is 1. The van der Waals surface area contributed by atoms with Gasteiger partial charge in [0, 0.05) is 25.2 Å². The van der Waals surface area contributed by atoms with Crippen LogP contribution < -0.4 is 10.3 Å². The quantitative estimate of drug-likeness (QED) is 0.645. The van der Waals surface area contributed by atoms with Crippen molar-refractivity contribution < 1.29 is 23.9 Å². The standard InChI is InChI=1S/C17H15F2N3O4/c18-12-5-10-14(13(19)15(12)21-4-3-8(6-21)20-26)22(9-1-2-9)7-11(16(10)23)17(24)25/h5,7,9,26H,1-4,6H2,(H,24,25)/b20-8-. The molecule has 0 radical (unpaired) electrons. The van der Waals surface area contributed by atoms with Gasteiger partial charge in [-0.15, -0.1) is 0 Å². The average Bonchev–Trinajstić information content (AvgIpc) is 3.33. The lowest BCUT2D eigenvalue weighted by Crippen LogP contribution is -2.25. The van der Waals surface area contributed by atoms with E-state index in [9.17, 15) is 19.1 Å². The van der Waals surface area contributed by atoms with E-state index in [0.717, 1.165) is 25.1 Å². The topological polar surface area (TPSA) is 95.1 Å². The summed E-state index contributed by atoms with van der Waals surface area (Å²) in [7, 11) is 0. The normalized spacial score (nSPS) is 18.8. The Bertz CT molecular complexity index is 1030. The van der Waals surface area contributed by atoms with Crippen LogP contribution in [0.25, 0.3) is 10.9 Å². The van der Waals surface area contributed by atoms with Crippen LogP contribution in [-0.4, -0.2) is 39.7 Å². The molecule has 1 aliphatic heterocycles. The zero-order valence-electron chi connectivity index (χ0n) is 13.6. The van der Waals surface area contributed by atoms with Crippen molar-refractivity contribution in [3.05, 3.63) is 39.7 Å². The number of hydrogen-bond donors (Lipinski definition) is 2. The molecule has 9 heteroatoms. The summed E-state index contributed by atoms with van der Waals surface area (Å²) < 4.78 is 31.4. The molecule has 26 heavy (non-hydrogen) atoms. The van der Waals surface area contributed by atoms with Crippen molar-refractivity contribution in [3.8, 4) is 0 Å². The molecular weight excluding hydrogens is 348 g/mol. The smallest absolute Gasteiger partial charge is 0.341 e. The summed E-state index contributed by atoms with van der Waals surface area (Å²) in [5.74, 6) is -3.28. The zero-order valence-corrected chi connectivity index (χ0v) is 13.6. The second-order valence-corrected chi connectivity index (χ2v) is 6.57. The summed E-state index contributed by atoms with van der Waals surface area (Å²) in [6.45, 7) is 0.357. The third kappa shape index (κ3) is 2.42. The molecule has 0 bridgehead atoms. The Morgan fingerprint density at radius 2 is 2.04 bits per heavy atom. The van der Waals surface area contributed by atoms with E-state index in [1.807, 2.05) is 0 Å². The molecule has 4 rings (SSSR count). The highest BCUT2D eigenvalue weighted by molar-refractivity contribution is 5.95. The van der Waals surface area contributed by atoms with Crippen molar-refractivity contribution in [1.82, 2.24) is 4.57 Å². The zero-order chi connectivity index (χ0) is 18.6. The van der Waals surface area contributed by atoms with Crippen LogP contribution in [0.15, 0.2) is 22.2 Å². The third-order valence-electron chi connectivity index (χ3n) is 4.86. The van der Waals surface area contributed by atoms with Gasteiger partial charge in [0.2, 0.25) is 5.43 Å². The lowest BCUT2D eigenvalue weighted by Gasteiger charge is -2.21. The van der Waals surface area contributed by atoms with Gasteiger partial charge >= 0.3 is 5.97 Å². The number of carboxylic acids is 1. The number of anilines is 1. The highest BCUT2D eigenvalue weighted by Gasteiger charge is 2.32. The molecule has 2 N–H and O–H groups in total. The van der Waals surface area contributed by atoms with Gasteiger partial charge in [-0.3, -0.25) is 4.79 Å². The summed E-state index contributed by atoms with van der Waals surface area (Å²) in [5.41, 5.74) is -1.40. The van der Waals surface area contributed by atoms with E-state index in [1.165, 1.54) is 9.47 Å². The lowest BCUT2D eigenvalue weighted by molar-refractivity contribution is 0.0694. The van der Waals surface area contributed by atoms with Gasteiger partial charge in [-0.05, 0) is 18.9 Å². The van der Waals surface area contributed by atoms with Crippen LogP contribution >= 0.6 is 0 Å². The number of carbonyl (C=O) groups is 1. The molecule has 0 unspecified atom stereocenters. The molecule has 2 fully saturated rings. The van der Waals surface area contributed by atoms with Crippen molar-refractivity contribution >= 4 is 28.3 Å². The van der Waals surface area contributed by atoms with E-state index in [1.54, 1.807) is 0 Å². The van der Waals surface area contributed by atoms with Gasteiger partial charge in [0.15, 0.2) is 5.82 Å². The Balaban J connectivity index is 2.00. The molecule has 7 nitrogen and oxygen atoms in total. The maximum atomic E-state index is 15.3. The van der Waals surface area contributed by atoms with Crippen LogP contribution in [0.4, 0.5) is 14.5 Å². The SMILES string of the molecule is O=C(O)c1cn(C2CC2)c2c(F)c(N3CC/C(=N/O)C3)c(F)cc2c1=O.